The van der Waals surface area contributed by atoms with E-state index in [9.17, 15) is 5.26 Å². The van der Waals surface area contributed by atoms with Gasteiger partial charge in [-0.15, -0.1) is 0 Å². The number of hydrogen-bond acceptors (Lipinski definition) is 4. The number of benzene rings is 7. The third-order valence-corrected chi connectivity index (χ3v) is 8.56. The fraction of sp³-hybridized carbons (Fsp3) is 0. The molecule has 224 valence electrons. The number of hydrogen-bond donors (Lipinski definition) is 0. The summed E-state index contributed by atoms with van der Waals surface area (Å²) < 4.78 is 0. The van der Waals surface area contributed by atoms with E-state index in [-0.39, 0.29) is 0 Å². The molecule has 1 aromatic heterocycles. The molecule has 0 N–H and O–H groups in total. The molecule has 0 unspecified atom stereocenters. The molecule has 0 amide bonds. The van der Waals surface area contributed by atoms with Crippen LogP contribution in [0.15, 0.2) is 170 Å². The summed E-state index contributed by atoms with van der Waals surface area (Å²) in [6.07, 6.45) is 0. The number of fused-ring (bicyclic) bond motifs is 1. The summed E-state index contributed by atoms with van der Waals surface area (Å²) in [5, 5.41) is 11.6. The second-order valence-electron chi connectivity index (χ2n) is 11.6. The molecular weight excluding hydrogens is 585 g/mol. The topological polar surface area (TPSA) is 62.5 Å². The van der Waals surface area contributed by atoms with Crippen molar-refractivity contribution < 1.29 is 0 Å². The van der Waals surface area contributed by atoms with Gasteiger partial charge in [-0.2, -0.15) is 5.26 Å². The third kappa shape index (κ3) is 5.73. The van der Waals surface area contributed by atoms with Gasteiger partial charge in [0.25, 0.3) is 0 Å². The molecule has 8 rings (SSSR count). The monoisotopic (exact) mass is 612 g/mol. The minimum absolute atomic E-state index is 0.628. The molecule has 0 atom stereocenters. The summed E-state index contributed by atoms with van der Waals surface area (Å²) in [5.74, 6) is 1.91. The lowest BCUT2D eigenvalue weighted by molar-refractivity contribution is 1.07. The fourth-order valence-corrected chi connectivity index (χ4v) is 6.06. The highest BCUT2D eigenvalue weighted by atomic mass is 15.0. The van der Waals surface area contributed by atoms with Crippen LogP contribution in [0, 0.1) is 11.3 Å². The molecule has 0 fully saturated rings. The zero-order valence-corrected chi connectivity index (χ0v) is 26.0. The van der Waals surface area contributed by atoms with Crippen LogP contribution in [0.4, 0.5) is 0 Å². The van der Waals surface area contributed by atoms with Gasteiger partial charge in [0.2, 0.25) is 0 Å². The van der Waals surface area contributed by atoms with Gasteiger partial charge in [0.15, 0.2) is 17.5 Å². The van der Waals surface area contributed by atoms with E-state index < -0.39 is 0 Å². The molecule has 0 bridgehead atoms. The Morgan fingerprint density at radius 1 is 0.333 bits per heavy atom. The van der Waals surface area contributed by atoms with E-state index in [2.05, 4.69) is 91.0 Å². The van der Waals surface area contributed by atoms with Gasteiger partial charge in [0, 0.05) is 16.7 Å². The van der Waals surface area contributed by atoms with Gasteiger partial charge < -0.3 is 0 Å². The lowest BCUT2D eigenvalue weighted by atomic mass is 9.90. The van der Waals surface area contributed by atoms with Crippen molar-refractivity contribution in [1.29, 1.82) is 5.26 Å². The second kappa shape index (κ2) is 12.6. The van der Waals surface area contributed by atoms with Gasteiger partial charge in [0.05, 0.1) is 11.6 Å². The van der Waals surface area contributed by atoms with E-state index in [1.807, 2.05) is 84.9 Å². The molecule has 0 aliphatic carbocycles. The Bertz CT molecular complexity index is 2370. The van der Waals surface area contributed by atoms with Crippen molar-refractivity contribution >= 4 is 10.8 Å². The predicted octanol–water partition coefficient (Wildman–Crippen LogP) is 10.9. The molecule has 7 aromatic carbocycles. The summed E-state index contributed by atoms with van der Waals surface area (Å²) in [5.41, 5.74) is 10.1. The van der Waals surface area contributed by atoms with Crippen LogP contribution in [-0.2, 0) is 0 Å². The van der Waals surface area contributed by atoms with Crippen LogP contribution in [0.3, 0.4) is 0 Å². The molecule has 0 saturated carbocycles. The maximum atomic E-state index is 9.26. The highest BCUT2D eigenvalue weighted by molar-refractivity contribution is 5.97. The van der Waals surface area contributed by atoms with Crippen molar-refractivity contribution in [2.24, 2.45) is 0 Å². The van der Waals surface area contributed by atoms with E-state index in [0.717, 1.165) is 50.1 Å². The maximum Gasteiger partial charge on any atom is 0.164 e. The molecule has 8 aromatic rings. The molecule has 1 heterocycles. The fourth-order valence-electron chi connectivity index (χ4n) is 6.06. The van der Waals surface area contributed by atoms with Gasteiger partial charge in [-0.25, -0.2) is 15.0 Å². The largest absolute Gasteiger partial charge is 0.208 e. The first kappa shape index (κ1) is 28.8. The van der Waals surface area contributed by atoms with Crippen LogP contribution in [0.1, 0.15) is 5.56 Å². The van der Waals surface area contributed by atoms with Gasteiger partial charge >= 0.3 is 0 Å². The van der Waals surface area contributed by atoms with Crippen molar-refractivity contribution in [2.45, 2.75) is 0 Å². The number of nitriles is 1. The Hall–Kier alpha value is -6.70. The Balaban J connectivity index is 1.22. The lowest BCUT2D eigenvalue weighted by Crippen LogP contribution is -2.00. The zero-order chi connectivity index (χ0) is 32.3. The Labute approximate surface area is 279 Å². The molecule has 0 aliphatic rings. The van der Waals surface area contributed by atoms with Crippen molar-refractivity contribution in [3.63, 3.8) is 0 Å². The Kier molecular flexibility index (Phi) is 7.54. The van der Waals surface area contributed by atoms with Crippen LogP contribution >= 0.6 is 0 Å². The predicted molar refractivity (Wildman–Crippen MR) is 195 cm³/mol. The average molecular weight is 613 g/mol. The summed E-state index contributed by atoms with van der Waals surface area (Å²) in [4.78, 5) is 14.7. The summed E-state index contributed by atoms with van der Waals surface area (Å²) in [7, 11) is 0. The van der Waals surface area contributed by atoms with Crippen LogP contribution in [0.25, 0.3) is 78.3 Å². The van der Waals surface area contributed by atoms with Crippen molar-refractivity contribution in [2.75, 3.05) is 0 Å². The van der Waals surface area contributed by atoms with E-state index in [1.54, 1.807) is 0 Å². The van der Waals surface area contributed by atoms with Gasteiger partial charge in [-0.3, -0.25) is 0 Å². The Morgan fingerprint density at radius 3 is 1.29 bits per heavy atom. The standard InChI is InChI=1S/C44H28N4/c45-29-30-18-20-31(21-19-30)36-16-9-17-39(26-36)41-28-38-15-8-7-14-37(38)27-40(41)32-22-24-35(25-23-32)44-47-42(33-10-3-1-4-11-33)46-43(48-44)34-12-5-2-6-13-34/h1-28H. The Morgan fingerprint density at radius 2 is 0.750 bits per heavy atom. The second-order valence-corrected chi connectivity index (χ2v) is 11.6. The minimum atomic E-state index is 0.628. The first-order valence-electron chi connectivity index (χ1n) is 15.8. The van der Waals surface area contributed by atoms with Crippen molar-refractivity contribution in [1.82, 2.24) is 15.0 Å². The first-order chi connectivity index (χ1) is 23.7. The molecule has 0 saturated heterocycles. The van der Waals surface area contributed by atoms with Crippen molar-refractivity contribution in [3.05, 3.63) is 175 Å². The molecular formula is C44H28N4. The molecule has 0 radical (unpaired) electrons. The van der Waals surface area contributed by atoms with E-state index in [0.29, 0.717) is 23.0 Å². The summed E-state index contributed by atoms with van der Waals surface area (Å²) in [6, 6.07) is 60.1. The normalized spacial score (nSPS) is 10.9. The minimum Gasteiger partial charge on any atom is -0.208 e. The van der Waals surface area contributed by atoms with Crippen molar-refractivity contribution in [3.8, 4) is 73.6 Å². The number of rotatable bonds is 6. The van der Waals surface area contributed by atoms with E-state index >= 15 is 0 Å². The zero-order valence-electron chi connectivity index (χ0n) is 26.0. The van der Waals surface area contributed by atoms with Crippen LogP contribution in [0.2, 0.25) is 0 Å². The van der Waals surface area contributed by atoms with Gasteiger partial charge in [-0.05, 0) is 74.5 Å². The van der Waals surface area contributed by atoms with E-state index in [4.69, 9.17) is 15.0 Å². The maximum absolute atomic E-state index is 9.26. The lowest BCUT2D eigenvalue weighted by Gasteiger charge is -2.15. The highest BCUT2D eigenvalue weighted by Gasteiger charge is 2.15. The molecule has 4 nitrogen and oxygen atoms in total. The van der Waals surface area contributed by atoms with Crippen LogP contribution < -0.4 is 0 Å². The average Bonchev–Trinajstić information content (AvgIpc) is 3.18. The quantitative estimate of drug-likeness (QED) is 0.187. The molecule has 48 heavy (non-hydrogen) atoms. The first-order valence-corrected chi connectivity index (χ1v) is 15.8. The van der Waals surface area contributed by atoms with Gasteiger partial charge in [-0.1, -0.05) is 140 Å². The highest BCUT2D eigenvalue weighted by Crippen LogP contribution is 2.38. The van der Waals surface area contributed by atoms with E-state index in [1.165, 1.54) is 10.8 Å². The summed E-state index contributed by atoms with van der Waals surface area (Å²) >= 11 is 0. The molecule has 0 spiro atoms. The molecule has 4 heteroatoms. The van der Waals surface area contributed by atoms with Crippen LogP contribution in [0.5, 0.6) is 0 Å². The third-order valence-electron chi connectivity index (χ3n) is 8.56. The van der Waals surface area contributed by atoms with Gasteiger partial charge in [0.1, 0.15) is 0 Å². The number of aromatic nitrogens is 3. The number of nitrogens with zero attached hydrogens (tertiary/aromatic N) is 4. The van der Waals surface area contributed by atoms with Crippen LogP contribution in [-0.4, -0.2) is 15.0 Å². The smallest absolute Gasteiger partial charge is 0.164 e. The molecule has 0 aliphatic heterocycles. The summed E-state index contributed by atoms with van der Waals surface area (Å²) in [6.45, 7) is 0. The SMILES string of the molecule is N#Cc1ccc(-c2cccc(-c3cc4ccccc4cc3-c3ccc(-c4nc(-c5ccccc5)nc(-c5ccccc5)n4)cc3)c2)cc1.